The Morgan fingerprint density at radius 1 is 1.22 bits per heavy atom. The second-order valence-corrected chi connectivity index (χ2v) is 4.32. The van der Waals surface area contributed by atoms with Crippen LogP contribution in [0, 0.1) is 0 Å². The second kappa shape index (κ2) is 7.71. The van der Waals surface area contributed by atoms with Gasteiger partial charge in [0.2, 0.25) is 0 Å². The van der Waals surface area contributed by atoms with Gasteiger partial charge in [0.15, 0.2) is 6.29 Å². The Bertz CT molecular complexity index is 377. The molecule has 0 N–H and O–H groups in total. The van der Waals surface area contributed by atoms with Crippen molar-refractivity contribution in [2.75, 3.05) is 33.9 Å². The maximum atomic E-state index is 10.9. The molecule has 0 aliphatic rings. The first-order valence-electron chi connectivity index (χ1n) is 6.17. The van der Waals surface area contributed by atoms with Gasteiger partial charge < -0.3 is 14.4 Å². The van der Waals surface area contributed by atoms with Gasteiger partial charge in [0.05, 0.1) is 12.2 Å². The van der Waals surface area contributed by atoms with Gasteiger partial charge in [-0.2, -0.15) is 0 Å². The van der Waals surface area contributed by atoms with Crippen molar-refractivity contribution in [2.45, 2.75) is 13.3 Å². The van der Waals surface area contributed by atoms with Crippen molar-refractivity contribution < 1.29 is 14.3 Å². The molecule has 0 heterocycles. The Labute approximate surface area is 108 Å². The summed E-state index contributed by atoms with van der Waals surface area (Å²) in [5.41, 5.74) is 0.553. The van der Waals surface area contributed by atoms with Crippen LogP contribution in [0.15, 0.2) is 18.2 Å². The third-order valence-electron chi connectivity index (χ3n) is 2.38. The molecule has 0 saturated heterocycles. The summed E-state index contributed by atoms with van der Waals surface area (Å²) in [5, 5.41) is 0. The molecule has 0 fully saturated rings. The highest BCUT2D eigenvalue weighted by Crippen LogP contribution is 2.23. The molecule has 0 spiro atoms. The molecule has 0 unspecified atom stereocenters. The van der Waals surface area contributed by atoms with Crippen molar-refractivity contribution in [3.8, 4) is 11.5 Å². The molecule has 0 aliphatic heterocycles. The van der Waals surface area contributed by atoms with E-state index in [9.17, 15) is 4.79 Å². The molecule has 1 rings (SSSR count). The zero-order valence-corrected chi connectivity index (χ0v) is 11.3. The fourth-order valence-electron chi connectivity index (χ4n) is 1.38. The molecule has 0 aliphatic carbocycles. The van der Waals surface area contributed by atoms with Gasteiger partial charge in [0, 0.05) is 12.6 Å². The Morgan fingerprint density at radius 3 is 2.61 bits per heavy atom. The highest BCUT2D eigenvalue weighted by molar-refractivity contribution is 5.79. The molecule has 4 heteroatoms. The topological polar surface area (TPSA) is 38.8 Å². The zero-order chi connectivity index (χ0) is 13.4. The summed E-state index contributed by atoms with van der Waals surface area (Å²) in [6.45, 7) is 4.06. The van der Waals surface area contributed by atoms with E-state index >= 15 is 0 Å². The molecule has 100 valence electrons. The van der Waals surface area contributed by atoms with E-state index < -0.39 is 0 Å². The maximum Gasteiger partial charge on any atom is 0.153 e. The fourth-order valence-corrected chi connectivity index (χ4v) is 1.38. The third kappa shape index (κ3) is 4.75. The number of hydrogen-bond acceptors (Lipinski definition) is 4. The molecule has 0 bridgehead atoms. The van der Waals surface area contributed by atoms with Gasteiger partial charge in [-0.05, 0) is 32.6 Å². The minimum Gasteiger partial charge on any atom is -0.493 e. The first-order chi connectivity index (χ1) is 8.67. The van der Waals surface area contributed by atoms with E-state index in [4.69, 9.17) is 9.47 Å². The van der Waals surface area contributed by atoms with Gasteiger partial charge in [-0.15, -0.1) is 0 Å². The molecule has 4 nitrogen and oxygen atoms in total. The summed E-state index contributed by atoms with van der Waals surface area (Å²) in [6.07, 6.45) is 1.75. The van der Waals surface area contributed by atoms with Crippen molar-refractivity contribution in [2.24, 2.45) is 0 Å². The van der Waals surface area contributed by atoms with Crippen molar-refractivity contribution in [3.05, 3.63) is 23.8 Å². The second-order valence-electron chi connectivity index (χ2n) is 4.32. The Balaban J connectivity index is 2.69. The minimum atomic E-state index is 0.547. The molecule has 1 aromatic rings. The van der Waals surface area contributed by atoms with E-state index in [0.29, 0.717) is 24.5 Å². The number of carbonyl (C=O) groups is 1. The zero-order valence-electron chi connectivity index (χ0n) is 11.3. The van der Waals surface area contributed by atoms with E-state index in [2.05, 4.69) is 0 Å². The monoisotopic (exact) mass is 251 g/mol. The summed E-state index contributed by atoms with van der Waals surface area (Å²) < 4.78 is 11.1. The predicted molar refractivity (Wildman–Crippen MR) is 71.7 cm³/mol. The lowest BCUT2D eigenvalue weighted by atomic mass is 10.2. The summed E-state index contributed by atoms with van der Waals surface area (Å²) >= 11 is 0. The number of aldehydes is 1. The van der Waals surface area contributed by atoms with Crippen LogP contribution in [0.4, 0.5) is 0 Å². The van der Waals surface area contributed by atoms with E-state index in [-0.39, 0.29) is 0 Å². The van der Waals surface area contributed by atoms with Gasteiger partial charge in [-0.1, -0.05) is 6.92 Å². The molecule has 0 aromatic heterocycles. The minimum absolute atomic E-state index is 0.547. The summed E-state index contributed by atoms with van der Waals surface area (Å²) in [7, 11) is 3.95. The van der Waals surface area contributed by atoms with Gasteiger partial charge in [-0.3, -0.25) is 4.79 Å². The summed E-state index contributed by atoms with van der Waals surface area (Å²) in [5.74, 6) is 1.32. The van der Waals surface area contributed by atoms with Crippen LogP contribution in [0.5, 0.6) is 11.5 Å². The molecular weight excluding hydrogens is 230 g/mol. The number of carbonyl (C=O) groups excluding carboxylic acids is 1. The van der Waals surface area contributed by atoms with Crippen LogP contribution in [0.25, 0.3) is 0 Å². The van der Waals surface area contributed by atoms with Crippen LogP contribution in [-0.4, -0.2) is 45.0 Å². The third-order valence-corrected chi connectivity index (χ3v) is 2.38. The molecule has 0 saturated carbocycles. The summed E-state index contributed by atoms with van der Waals surface area (Å²) in [4.78, 5) is 12.9. The Kier molecular flexibility index (Phi) is 6.22. The molecule has 18 heavy (non-hydrogen) atoms. The highest BCUT2D eigenvalue weighted by atomic mass is 16.5. The molecule has 0 atom stereocenters. The summed E-state index contributed by atoms with van der Waals surface area (Å²) in [6, 6.07) is 5.29. The van der Waals surface area contributed by atoms with Crippen LogP contribution < -0.4 is 9.47 Å². The SMILES string of the molecule is CCCOc1ccc(C=O)c(OCCN(C)C)c1. The first-order valence-corrected chi connectivity index (χ1v) is 6.17. The van der Waals surface area contributed by atoms with Crippen LogP contribution in [0.3, 0.4) is 0 Å². The molecule has 0 amide bonds. The standard InChI is InChI=1S/C14H21NO3/c1-4-8-17-13-6-5-12(11-16)14(10-13)18-9-7-15(2)3/h5-6,10-11H,4,7-9H2,1-3H3. The van der Waals surface area contributed by atoms with Crippen molar-refractivity contribution in [3.63, 3.8) is 0 Å². The first kappa shape index (κ1) is 14.5. The number of benzene rings is 1. The van der Waals surface area contributed by atoms with E-state index in [1.165, 1.54) is 0 Å². The number of rotatable bonds is 8. The van der Waals surface area contributed by atoms with Gasteiger partial charge in [-0.25, -0.2) is 0 Å². The largest absolute Gasteiger partial charge is 0.493 e. The molecular formula is C14H21NO3. The lowest BCUT2D eigenvalue weighted by Crippen LogP contribution is -2.19. The lowest BCUT2D eigenvalue weighted by molar-refractivity contribution is 0.111. The van der Waals surface area contributed by atoms with Crippen LogP contribution in [-0.2, 0) is 0 Å². The molecule has 1 aromatic carbocycles. The maximum absolute atomic E-state index is 10.9. The number of likely N-dealkylation sites (N-methyl/N-ethyl adjacent to an activating group) is 1. The number of ether oxygens (including phenoxy) is 2. The van der Waals surface area contributed by atoms with Crippen molar-refractivity contribution in [1.82, 2.24) is 4.90 Å². The average molecular weight is 251 g/mol. The van der Waals surface area contributed by atoms with Gasteiger partial charge >= 0.3 is 0 Å². The lowest BCUT2D eigenvalue weighted by Gasteiger charge is -2.13. The number of hydrogen-bond donors (Lipinski definition) is 0. The highest BCUT2D eigenvalue weighted by Gasteiger charge is 2.05. The fraction of sp³-hybridized carbons (Fsp3) is 0.500. The van der Waals surface area contributed by atoms with E-state index in [1.54, 1.807) is 18.2 Å². The van der Waals surface area contributed by atoms with Gasteiger partial charge in [0.1, 0.15) is 18.1 Å². The van der Waals surface area contributed by atoms with Crippen LogP contribution in [0.2, 0.25) is 0 Å². The van der Waals surface area contributed by atoms with Crippen LogP contribution >= 0.6 is 0 Å². The normalized spacial score (nSPS) is 10.4. The van der Waals surface area contributed by atoms with E-state index in [1.807, 2.05) is 25.9 Å². The van der Waals surface area contributed by atoms with Crippen molar-refractivity contribution >= 4 is 6.29 Å². The van der Waals surface area contributed by atoms with Crippen molar-refractivity contribution in [1.29, 1.82) is 0 Å². The predicted octanol–water partition coefficient (Wildman–Crippen LogP) is 2.23. The average Bonchev–Trinajstić information content (AvgIpc) is 2.36. The van der Waals surface area contributed by atoms with Gasteiger partial charge in [0.25, 0.3) is 0 Å². The quantitative estimate of drug-likeness (QED) is 0.664. The smallest absolute Gasteiger partial charge is 0.153 e. The number of nitrogens with zero attached hydrogens (tertiary/aromatic N) is 1. The molecule has 0 radical (unpaired) electrons. The van der Waals surface area contributed by atoms with Crippen LogP contribution in [0.1, 0.15) is 23.7 Å². The van der Waals surface area contributed by atoms with E-state index in [0.717, 1.165) is 25.0 Å². The Hall–Kier alpha value is -1.55. The Morgan fingerprint density at radius 2 is 2.00 bits per heavy atom.